The molecule has 0 saturated carbocycles. The minimum Gasteiger partial charge on any atom is -0.441 e. The van der Waals surface area contributed by atoms with Crippen LogP contribution in [0.1, 0.15) is 32.9 Å². The number of para-hydroxylation sites is 1. The molecule has 5 rings (SSSR count). The lowest BCUT2D eigenvalue weighted by molar-refractivity contribution is 0.0951. The number of nitrogens with zero attached hydrogens (tertiary/aromatic N) is 3. The Labute approximate surface area is 212 Å². The number of carbonyl (C=O) groups is 1. The maximum Gasteiger partial charge on any atom is 0.251 e. The van der Waals surface area contributed by atoms with E-state index in [1.54, 1.807) is 0 Å². The van der Waals surface area contributed by atoms with Crippen molar-refractivity contribution in [3.8, 4) is 11.5 Å². The molecule has 0 atom stereocenters. The summed E-state index contributed by atoms with van der Waals surface area (Å²) in [5.41, 5.74) is 6.02. The highest BCUT2D eigenvalue weighted by Crippen LogP contribution is 2.24. The molecule has 1 N–H and O–H groups in total. The predicted octanol–water partition coefficient (Wildman–Crippen LogP) is 5.21. The third kappa shape index (κ3) is 5.66. The Morgan fingerprint density at radius 1 is 0.889 bits per heavy atom. The van der Waals surface area contributed by atoms with Gasteiger partial charge in [-0.1, -0.05) is 48.0 Å². The van der Waals surface area contributed by atoms with Gasteiger partial charge < -0.3 is 14.6 Å². The van der Waals surface area contributed by atoms with Crippen molar-refractivity contribution in [3.63, 3.8) is 0 Å². The molecular weight excluding hydrogens is 448 g/mol. The van der Waals surface area contributed by atoms with Crippen LogP contribution >= 0.6 is 0 Å². The van der Waals surface area contributed by atoms with Crippen molar-refractivity contribution in [3.05, 3.63) is 107 Å². The molecule has 0 aliphatic carbocycles. The summed E-state index contributed by atoms with van der Waals surface area (Å²) in [7, 11) is 0. The van der Waals surface area contributed by atoms with Gasteiger partial charge in [0.15, 0.2) is 0 Å². The van der Waals surface area contributed by atoms with E-state index in [1.165, 1.54) is 11.3 Å². The van der Waals surface area contributed by atoms with E-state index >= 15 is 0 Å². The zero-order valence-corrected chi connectivity index (χ0v) is 20.9. The molecule has 0 spiro atoms. The van der Waals surface area contributed by atoms with Crippen LogP contribution in [-0.4, -0.2) is 42.0 Å². The zero-order valence-electron chi connectivity index (χ0n) is 20.9. The topological polar surface area (TPSA) is 61.6 Å². The van der Waals surface area contributed by atoms with Gasteiger partial charge in [0.2, 0.25) is 5.89 Å². The van der Waals surface area contributed by atoms with Crippen molar-refractivity contribution in [1.29, 1.82) is 0 Å². The van der Waals surface area contributed by atoms with Crippen molar-refractivity contribution in [1.82, 2.24) is 15.2 Å². The van der Waals surface area contributed by atoms with E-state index in [4.69, 9.17) is 9.40 Å². The van der Waals surface area contributed by atoms with Crippen molar-refractivity contribution in [2.75, 3.05) is 31.1 Å². The van der Waals surface area contributed by atoms with Gasteiger partial charge in [0, 0.05) is 56.1 Å². The minimum absolute atomic E-state index is 0.0963. The predicted molar refractivity (Wildman–Crippen MR) is 143 cm³/mol. The van der Waals surface area contributed by atoms with Crippen LogP contribution in [0.25, 0.3) is 11.5 Å². The second kappa shape index (κ2) is 10.8. The molecule has 0 unspecified atom stereocenters. The van der Waals surface area contributed by atoms with Gasteiger partial charge in [-0.15, -0.1) is 0 Å². The minimum atomic E-state index is -0.0963. The summed E-state index contributed by atoms with van der Waals surface area (Å²) in [5.74, 6) is 1.34. The number of anilines is 1. The molecule has 1 saturated heterocycles. The highest BCUT2D eigenvalue weighted by molar-refractivity contribution is 5.94. The number of benzene rings is 3. The maximum atomic E-state index is 12.6. The number of amides is 1. The Morgan fingerprint density at radius 2 is 1.58 bits per heavy atom. The molecule has 2 heterocycles. The first-order valence-electron chi connectivity index (χ1n) is 12.5. The lowest BCUT2D eigenvalue weighted by Gasteiger charge is -2.35. The normalized spacial score (nSPS) is 14.1. The average molecular weight is 481 g/mol. The summed E-state index contributed by atoms with van der Waals surface area (Å²) < 4.78 is 6.00. The van der Waals surface area contributed by atoms with Crippen LogP contribution in [0, 0.1) is 13.8 Å². The Kier molecular flexibility index (Phi) is 7.14. The fraction of sp³-hybridized carbons (Fsp3) is 0.267. The van der Waals surface area contributed by atoms with E-state index in [9.17, 15) is 4.79 Å². The summed E-state index contributed by atoms with van der Waals surface area (Å²) in [6.45, 7) is 9.28. The van der Waals surface area contributed by atoms with E-state index in [2.05, 4.69) is 52.4 Å². The molecule has 0 bridgehead atoms. The van der Waals surface area contributed by atoms with Crippen LogP contribution in [-0.2, 0) is 13.1 Å². The quantitative estimate of drug-likeness (QED) is 0.393. The van der Waals surface area contributed by atoms with Gasteiger partial charge in [-0.05, 0) is 55.8 Å². The monoisotopic (exact) mass is 480 g/mol. The summed E-state index contributed by atoms with van der Waals surface area (Å²) in [4.78, 5) is 22.2. The van der Waals surface area contributed by atoms with Crippen LogP contribution < -0.4 is 10.2 Å². The lowest BCUT2D eigenvalue weighted by Crippen LogP contribution is -2.46. The van der Waals surface area contributed by atoms with Crippen LogP contribution in [0.5, 0.6) is 0 Å². The van der Waals surface area contributed by atoms with Gasteiger partial charge in [-0.25, -0.2) is 4.98 Å². The fourth-order valence-electron chi connectivity index (χ4n) is 4.47. The molecule has 3 aromatic carbocycles. The number of hydrogen-bond acceptors (Lipinski definition) is 5. The lowest BCUT2D eigenvalue weighted by atomic mass is 10.1. The Morgan fingerprint density at radius 3 is 2.28 bits per heavy atom. The van der Waals surface area contributed by atoms with E-state index in [1.807, 2.05) is 55.5 Å². The molecule has 0 radical (unpaired) electrons. The van der Waals surface area contributed by atoms with Gasteiger partial charge in [-0.3, -0.25) is 9.69 Å². The van der Waals surface area contributed by atoms with E-state index in [-0.39, 0.29) is 5.91 Å². The first-order valence-corrected chi connectivity index (χ1v) is 12.5. The number of nitrogens with one attached hydrogen (secondary N) is 1. The molecule has 36 heavy (non-hydrogen) atoms. The molecule has 184 valence electrons. The average Bonchev–Trinajstić information content (AvgIpc) is 3.29. The third-order valence-corrected chi connectivity index (χ3v) is 6.73. The van der Waals surface area contributed by atoms with Crippen molar-refractivity contribution in [2.45, 2.75) is 26.9 Å². The number of oxazole rings is 1. The fourth-order valence-corrected chi connectivity index (χ4v) is 4.47. The van der Waals surface area contributed by atoms with E-state index < -0.39 is 0 Å². The number of aryl methyl sites for hydroxylation is 2. The Balaban J connectivity index is 1.17. The van der Waals surface area contributed by atoms with E-state index in [0.29, 0.717) is 18.0 Å². The van der Waals surface area contributed by atoms with Crippen molar-refractivity contribution in [2.24, 2.45) is 0 Å². The second-order valence-corrected chi connectivity index (χ2v) is 9.37. The number of piperazine rings is 1. The van der Waals surface area contributed by atoms with Crippen LogP contribution in [0.3, 0.4) is 0 Å². The highest BCUT2D eigenvalue weighted by Gasteiger charge is 2.20. The molecular formula is C30H32N4O2. The first kappa shape index (κ1) is 23.8. The maximum absolute atomic E-state index is 12.6. The van der Waals surface area contributed by atoms with Gasteiger partial charge >= 0.3 is 0 Å². The van der Waals surface area contributed by atoms with Crippen LogP contribution in [0.15, 0.2) is 83.3 Å². The largest absolute Gasteiger partial charge is 0.441 e. The molecule has 1 aliphatic rings. The molecule has 1 aliphatic heterocycles. The third-order valence-electron chi connectivity index (χ3n) is 6.73. The van der Waals surface area contributed by atoms with Gasteiger partial charge in [0.25, 0.3) is 5.91 Å². The van der Waals surface area contributed by atoms with Gasteiger partial charge in [0.05, 0.1) is 5.69 Å². The number of aromatic nitrogens is 1. The smallest absolute Gasteiger partial charge is 0.251 e. The second-order valence-electron chi connectivity index (χ2n) is 9.37. The summed E-state index contributed by atoms with van der Waals surface area (Å²) in [5, 5.41) is 2.98. The highest BCUT2D eigenvalue weighted by atomic mass is 16.4. The zero-order chi connectivity index (χ0) is 24.9. The molecule has 1 fully saturated rings. The standard InChI is InChI=1S/C30H32N4O2/c1-22-8-10-24(11-9-22)20-31-29(35)25-12-14-26(15-13-25)30-32-28(23(2)36-30)21-33-16-18-34(19-17-33)27-6-4-3-5-7-27/h3-15H,16-21H2,1-2H3,(H,31,35). The first-order chi connectivity index (χ1) is 17.5. The van der Waals surface area contributed by atoms with Crippen molar-refractivity contribution < 1.29 is 9.21 Å². The van der Waals surface area contributed by atoms with Gasteiger partial charge in [0.1, 0.15) is 5.76 Å². The summed E-state index contributed by atoms with van der Waals surface area (Å²) in [6, 6.07) is 26.2. The molecule has 4 aromatic rings. The summed E-state index contributed by atoms with van der Waals surface area (Å²) >= 11 is 0. The molecule has 6 nitrogen and oxygen atoms in total. The van der Waals surface area contributed by atoms with Crippen molar-refractivity contribution >= 4 is 11.6 Å². The van der Waals surface area contributed by atoms with Crippen LogP contribution in [0.2, 0.25) is 0 Å². The Hall–Kier alpha value is -3.90. The SMILES string of the molecule is Cc1ccc(CNC(=O)c2ccc(-c3nc(CN4CCN(c5ccccc5)CC4)c(C)o3)cc2)cc1. The van der Waals surface area contributed by atoms with E-state index in [0.717, 1.165) is 55.3 Å². The van der Waals surface area contributed by atoms with Crippen LogP contribution in [0.4, 0.5) is 5.69 Å². The Bertz CT molecular complexity index is 1290. The molecule has 1 aromatic heterocycles. The number of rotatable bonds is 7. The molecule has 1 amide bonds. The number of carbonyl (C=O) groups excluding carboxylic acids is 1. The number of hydrogen-bond donors (Lipinski definition) is 1. The van der Waals surface area contributed by atoms with Gasteiger partial charge in [-0.2, -0.15) is 0 Å². The molecule has 6 heteroatoms. The summed E-state index contributed by atoms with van der Waals surface area (Å²) in [6.07, 6.45) is 0.